The second-order valence-corrected chi connectivity index (χ2v) is 7.32. The van der Waals surface area contributed by atoms with Gasteiger partial charge in [-0.05, 0) is 58.6 Å². The molecule has 24 heavy (non-hydrogen) atoms. The van der Waals surface area contributed by atoms with Crippen molar-refractivity contribution in [1.82, 2.24) is 0 Å². The van der Waals surface area contributed by atoms with Gasteiger partial charge in [0.1, 0.15) is 0 Å². The van der Waals surface area contributed by atoms with Crippen LogP contribution in [0.15, 0.2) is 12.1 Å². The quantitative estimate of drug-likeness (QED) is 0.632. The predicted molar refractivity (Wildman–Crippen MR) is 97.7 cm³/mol. The molecule has 0 aliphatic heterocycles. The summed E-state index contributed by atoms with van der Waals surface area (Å²) in [5.41, 5.74) is 1.92. The van der Waals surface area contributed by atoms with Crippen LogP contribution in [0.25, 0.3) is 0 Å². The Balaban J connectivity index is 0.00000139. The van der Waals surface area contributed by atoms with Crippen molar-refractivity contribution in [2.75, 3.05) is 0 Å². The lowest BCUT2D eigenvalue weighted by Crippen LogP contribution is -2.47. The van der Waals surface area contributed by atoms with Crippen molar-refractivity contribution >= 4 is 20.9 Å². The lowest BCUT2D eigenvalue weighted by Gasteiger charge is -2.40. The van der Waals surface area contributed by atoms with E-state index < -0.39 is 16.8 Å². The van der Waals surface area contributed by atoms with E-state index in [4.69, 9.17) is 4.57 Å². The third-order valence-electron chi connectivity index (χ3n) is 5.53. The van der Waals surface area contributed by atoms with Gasteiger partial charge >= 0.3 is 15.1 Å². The highest BCUT2D eigenvalue weighted by Gasteiger charge is 2.56. The van der Waals surface area contributed by atoms with Gasteiger partial charge in [0.05, 0.1) is 5.41 Å². The largest absolute Gasteiger partial charge is 0.481 e. The first-order valence-corrected chi connectivity index (χ1v) is 8.70. The summed E-state index contributed by atoms with van der Waals surface area (Å²) in [6, 6.07) is 4.02. The standard InChI is InChI=1S/C19H26O3.H2OP/c1-12-10-13(2)15(14(3)11-12)16(20)19(8-6-7-9-19)18(4,5)17(21)22;1-2/h10-11H,6-9H2,1-5H3,(H,21,22);2H2/q;+1. The smallest absolute Gasteiger partial charge is 0.310 e. The zero-order valence-electron chi connectivity index (χ0n) is 15.2. The molecule has 0 radical (unpaired) electrons. The first-order chi connectivity index (χ1) is 11.1. The molecule has 0 heterocycles. The van der Waals surface area contributed by atoms with Gasteiger partial charge in [-0.1, -0.05) is 35.1 Å². The third-order valence-corrected chi connectivity index (χ3v) is 5.53. The Morgan fingerprint density at radius 3 is 1.83 bits per heavy atom. The summed E-state index contributed by atoms with van der Waals surface area (Å²) in [4.78, 5) is 25.2. The van der Waals surface area contributed by atoms with Crippen LogP contribution >= 0.6 is 9.12 Å². The Bertz CT molecular complexity index is 620. The highest BCUT2D eigenvalue weighted by atomic mass is 31.0. The van der Waals surface area contributed by atoms with Crippen LogP contribution < -0.4 is 0 Å². The van der Waals surface area contributed by atoms with E-state index in [0.717, 1.165) is 35.1 Å². The van der Waals surface area contributed by atoms with Crippen molar-refractivity contribution < 1.29 is 19.3 Å². The van der Waals surface area contributed by atoms with Crippen LogP contribution in [-0.2, 0) is 9.36 Å². The zero-order valence-corrected chi connectivity index (χ0v) is 16.4. The fourth-order valence-corrected chi connectivity index (χ4v) is 4.10. The van der Waals surface area contributed by atoms with Crippen LogP contribution in [0, 0.1) is 31.6 Å². The average Bonchev–Trinajstić information content (AvgIpc) is 2.99. The first kappa shape index (κ1) is 20.5. The molecular formula is C19H28O4P+. The predicted octanol–water partition coefficient (Wildman–Crippen LogP) is 4.67. The van der Waals surface area contributed by atoms with E-state index >= 15 is 0 Å². The molecule has 1 aromatic rings. The third kappa shape index (κ3) is 3.30. The van der Waals surface area contributed by atoms with E-state index in [2.05, 4.69) is 0 Å². The topological polar surface area (TPSA) is 71.4 Å². The van der Waals surface area contributed by atoms with E-state index in [1.165, 1.54) is 9.12 Å². The van der Waals surface area contributed by atoms with Crippen LogP contribution in [0.5, 0.6) is 0 Å². The van der Waals surface area contributed by atoms with Gasteiger partial charge in [-0.15, -0.1) is 0 Å². The number of benzene rings is 1. The summed E-state index contributed by atoms with van der Waals surface area (Å²) in [5.74, 6) is -0.863. The maximum Gasteiger partial charge on any atom is 0.310 e. The van der Waals surface area contributed by atoms with Crippen LogP contribution in [0.3, 0.4) is 0 Å². The van der Waals surface area contributed by atoms with Gasteiger partial charge in [0.15, 0.2) is 5.78 Å². The van der Waals surface area contributed by atoms with E-state index in [1.807, 2.05) is 32.9 Å². The molecule has 1 N–H and O–H groups in total. The molecule has 0 aromatic heterocycles. The van der Waals surface area contributed by atoms with Gasteiger partial charge in [-0.3, -0.25) is 9.59 Å². The highest BCUT2D eigenvalue weighted by Crippen LogP contribution is 2.53. The summed E-state index contributed by atoms with van der Waals surface area (Å²) in [6.07, 6.45) is 3.18. The molecule has 1 saturated carbocycles. The molecule has 1 fully saturated rings. The Kier molecular flexibility index (Phi) is 6.46. The molecule has 0 saturated heterocycles. The number of carbonyl (C=O) groups is 2. The molecule has 1 unspecified atom stereocenters. The fourth-order valence-electron chi connectivity index (χ4n) is 4.10. The zero-order chi connectivity index (χ0) is 18.7. The number of carboxylic acid groups (broad SMARTS) is 1. The summed E-state index contributed by atoms with van der Waals surface area (Å²) in [5, 5.41) is 9.69. The van der Waals surface area contributed by atoms with Gasteiger partial charge in [-0.2, -0.15) is 0 Å². The van der Waals surface area contributed by atoms with Crippen molar-refractivity contribution in [1.29, 1.82) is 0 Å². The Labute approximate surface area is 146 Å². The minimum absolute atomic E-state index is 0.0207. The number of aryl methyl sites for hydroxylation is 3. The molecule has 0 amide bonds. The molecule has 4 nitrogen and oxygen atoms in total. The SMILES string of the molecule is Cc1cc(C)c(C(=O)C2(C(C)(C)C(=O)O)CCCC2)c(C)c1.O=[PH2+]. The van der Waals surface area contributed by atoms with Gasteiger partial charge < -0.3 is 5.11 Å². The summed E-state index contributed by atoms with van der Waals surface area (Å²) >= 11 is 0. The van der Waals surface area contributed by atoms with E-state index in [-0.39, 0.29) is 5.78 Å². The highest BCUT2D eigenvalue weighted by molar-refractivity contribution is 7.00. The Morgan fingerprint density at radius 2 is 1.46 bits per heavy atom. The molecule has 1 aliphatic carbocycles. The maximum atomic E-state index is 13.4. The summed E-state index contributed by atoms with van der Waals surface area (Å²) < 4.78 is 8.17. The van der Waals surface area contributed by atoms with Crippen molar-refractivity contribution in [2.45, 2.75) is 60.3 Å². The normalized spacial score (nSPS) is 16.2. The number of hydrogen-bond donors (Lipinski definition) is 1. The van der Waals surface area contributed by atoms with Gasteiger partial charge in [0, 0.05) is 11.0 Å². The molecule has 0 spiro atoms. The molecule has 1 aliphatic rings. The summed E-state index contributed by atoms with van der Waals surface area (Å²) in [7, 11) is 1.17. The summed E-state index contributed by atoms with van der Waals surface area (Å²) in [6.45, 7) is 9.32. The number of carboxylic acids is 1. The second-order valence-electron chi connectivity index (χ2n) is 7.32. The van der Waals surface area contributed by atoms with Crippen molar-refractivity contribution in [3.05, 3.63) is 34.4 Å². The van der Waals surface area contributed by atoms with Crippen LogP contribution in [0.1, 0.15) is 66.6 Å². The Hall–Kier alpha value is -1.54. The molecule has 2 rings (SSSR count). The van der Waals surface area contributed by atoms with E-state index in [1.54, 1.807) is 13.8 Å². The van der Waals surface area contributed by atoms with Gasteiger partial charge in [0.2, 0.25) is 0 Å². The minimum Gasteiger partial charge on any atom is -0.481 e. The minimum atomic E-state index is -1.05. The molecule has 5 heteroatoms. The number of aliphatic carboxylic acids is 1. The number of hydrogen-bond acceptors (Lipinski definition) is 3. The maximum absolute atomic E-state index is 13.4. The molecule has 132 valence electrons. The molecule has 1 aromatic carbocycles. The lowest BCUT2D eigenvalue weighted by atomic mass is 9.60. The average molecular weight is 351 g/mol. The number of carbonyl (C=O) groups excluding carboxylic acids is 1. The van der Waals surface area contributed by atoms with Crippen molar-refractivity contribution in [3.63, 3.8) is 0 Å². The number of ketones is 1. The van der Waals surface area contributed by atoms with Crippen molar-refractivity contribution in [3.8, 4) is 0 Å². The number of rotatable bonds is 4. The van der Waals surface area contributed by atoms with Crippen LogP contribution in [0.2, 0.25) is 0 Å². The second kappa shape index (κ2) is 7.57. The van der Waals surface area contributed by atoms with E-state index in [9.17, 15) is 14.7 Å². The lowest BCUT2D eigenvalue weighted by molar-refractivity contribution is -0.153. The van der Waals surface area contributed by atoms with Gasteiger partial charge in [0.25, 0.3) is 0 Å². The van der Waals surface area contributed by atoms with E-state index in [0.29, 0.717) is 12.8 Å². The van der Waals surface area contributed by atoms with Crippen LogP contribution in [0.4, 0.5) is 0 Å². The number of Topliss-reactive ketones (excluding diaryl/α,β-unsaturated/α-hetero) is 1. The molecule has 0 bridgehead atoms. The monoisotopic (exact) mass is 351 g/mol. The first-order valence-electron chi connectivity index (χ1n) is 8.23. The fraction of sp³-hybridized carbons (Fsp3) is 0.579. The van der Waals surface area contributed by atoms with Crippen molar-refractivity contribution in [2.24, 2.45) is 10.8 Å². The van der Waals surface area contributed by atoms with Crippen LogP contribution in [-0.4, -0.2) is 16.9 Å². The Morgan fingerprint density at radius 1 is 1.04 bits per heavy atom. The molecule has 1 atom stereocenters. The van der Waals surface area contributed by atoms with Gasteiger partial charge in [-0.25, -0.2) is 0 Å². The molecular weight excluding hydrogens is 323 g/mol.